The van der Waals surface area contributed by atoms with Crippen molar-refractivity contribution in [1.29, 1.82) is 0 Å². The minimum atomic E-state index is 0.235. The highest BCUT2D eigenvalue weighted by Gasteiger charge is 2.30. The van der Waals surface area contributed by atoms with E-state index in [0.717, 1.165) is 53.4 Å². The zero-order valence-corrected chi connectivity index (χ0v) is 16.4. The molecule has 4 heterocycles. The third-order valence-electron chi connectivity index (χ3n) is 5.82. The number of ether oxygens (including phenoxy) is 2. The van der Waals surface area contributed by atoms with Crippen LogP contribution in [0.1, 0.15) is 24.4 Å². The lowest BCUT2D eigenvalue weighted by atomic mass is 10.0. The molecule has 2 aromatic carbocycles. The molecule has 1 saturated heterocycles. The van der Waals surface area contributed by atoms with E-state index in [1.54, 1.807) is 6.33 Å². The smallest absolute Gasteiger partial charge is 0.168 e. The summed E-state index contributed by atoms with van der Waals surface area (Å²) in [6.45, 7) is 2.14. The van der Waals surface area contributed by atoms with Crippen molar-refractivity contribution in [2.24, 2.45) is 0 Å². The lowest BCUT2D eigenvalue weighted by Crippen LogP contribution is -2.24. The van der Waals surface area contributed by atoms with Crippen LogP contribution in [0.4, 0.5) is 5.82 Å². The minimum absolute atomic E-state index is 0.235. The predicted octanol–water partition coefficient (Wildman–Crippen LogP) is 3.93. The fraction of sp³-hybridized carbons (Fsp3) is 0.261. The second-order valence-corrected chi connectivity index (χ2v) is 7.58. The number of aromatic nitrogens is 4. The highest BCUT2D eigenvalue weighted by Crippen LogP contribution is 2.41. The van der Waals surface area contributed by atoms with Crippen LogP contribution < -0.4 is 14.4 Å². The van der Waals surface area contributed by atoms with Gasteiger partial charge < -0.3 is 14.4 Å². The number of fused-ring (bicyclic) bond motifs is 2. The number of anilines is 1. The first-order valence-corrected chi connectivity index (χ1v) is 10.3. The third kappa shape index (κ3) is 2.77. The Balaban J connectivity index is 1.40. The fourth-order valence-corrected chi connectivity index (χ4v) is 4.45. The second-order valence-electron chi connectivity index (χ2n) is 7.58. The van der Waals surface area contributed by atoms with Gasteiger partial charge in [-0.2, -0.15) is 5.10 Å². The normalized spacial score (nSPS) is 18.1. The van der Waals surface area contributed by atoms with Crippen LogP contribution in [0.25, 0.3) is 16.7 Å². The maximum absolute atomic E-state index is 5.80. The summed E-state index contributed by atoms with van der Waals surface area (Å²) in [5, 5.41) is 5.57. The van der Waals surface area contributed by atoms with E-state index < -0.39 is 0 Å². The van der Waals surface area contributed by atoms with E-state index in [1.807, 2.05) is 47.3 Å². The van der Waals surface area contributed by atoms with Crippen LogP contribution in [0.3, 0.4) is 0 Å². The quantitative estimate of drug-likeness (QED) is 0.520. The summed E-state index contributed by atoms with van der Waals surface area (Å²) in [6, 6.07) is 16.6. The van der Waals surface area contributed by atoms with Gasteiger partial charge in [-0.3, -0.25) is 0 Å². The highest BCUT2D eigenvalue weighted by molar-refractivity contribution is 5.88. The van der Waals surface area contributed by atoms with Crippen molar-refractivity contribution in [2.75, 3.05) is 24.7 Å². The number of nitrogens with zero attached hydrogens (tertiary/aromatic N) is 5. The van der Waals surface area contributed by atoms with Crippen LogP contribution in [0.5, 0.6) is 11.5 Å². The van der Waals surface area contributed by atoms with Crippen LogP contribution in [0.15, 0.2) is 61.1 Å². The van der Waals surface area contributed by atoms with Crippen LogP contribution in [0.2, 0.25) is 0 Å². The Morgan fingerprint density at radius 3 is 2.70 bits per heavy atom. The van der Waals surface area contributed by atoms with Gasteiger partial charge in [-0.05, 0) is 42.7 Å². The summed E-state index contributed by atoms with van der Waals surface area (Å²) in [6.07, 6.45) is 5.68. The Labute approximate surface area is 173 Å². The van der Waals surface area contributed by atoms with E-state index in [2.05, 4.69) is 32.1 Å². The maximum atomic E-state index is 5.80. The monoisotopic (exact) mass is 399 g/mol. The van der Waals surface area contributed by atoms with Crippen molar-refractivity contribution in [3.63, 3.8) is 0 Å². The molecule has 6 rings (SSSR count). The number of hydrogen-bond acceptors (Lipinski definition) is 6. The molecule has 7 heteroatoms. The van der Waals surface area contributed by atoms with Crippen molar-refractivity contribution in [1.82, 2.24) is 19.7 Å². The van der Waals surface area contributed by atoms with E-state index in [4.69, 9.17) is 9.47 Å². The van der Waals surface area contributed by atoms with Crippen molar-refractivity contribution in [3.05, 3.63) is 66.6 Å². The Hall–Kier alpha value is -3.61. The summed E-state index contributed by atoms with van der Waals surface area (Å²) in [5.41, 5.74) is 3.03. The molecule has 1 atom stereocenters. The average Bonchev–Trinajstić information content (AvgIpc) is 3.47. The van der Waals surface area contributed by atoms with Crippen LogP contribution in [-0.2, 0) is 0 Å². The molecule has 2 aromatic heterocycles. The topological polar surface area (TPSA) is 65.3 Å². The van der Waals surface area contributed by atoms with Crippen molar-refractivity contribution in [2.45, 2.75) is 18.9 Å². The standard InChI is InChI=1S/C23H21N5O2/c1-2-5-17(6-3-1)28-23-18(14-26-28)22(24-15-25-23)27-10-4-7-19(27)16-8-9-20-21(13-16)30-12-11-29-20/h1-3,5-6,8-9,13-15,19H,4,7,10-12H2. The van der Waals surface area contributed by atoms with Gasteiger partial charge >= 0.3 is 0 Å². The molecule has 1 unspecified atom stereocenters. The van der Waals surface area contributed by atoms with Gasteiger partial charge in [-0.1, -0.05) is 24.3 Å². The molecule has 30 heavy (non-hydrogen) atoms. The Kier molecular flexibility index (Phi) is 4.04. The summed E-state index contributed by atoms with van der Waals surface area (Å²) in [4.78, 5) is 11.6. The van der Waals surface area contributed by atoms with Gasteiger partial charge in [0.1, 0.15) is 25.4 Å². The van der Waals surface area contributed by atoms with Gasteiger partial charge in [0, 0.05) is 6.54 Å². The molecule has 0 saturated carbocycles. The molecule has 150 valence electrons. The third-order valence-corrected chi connectivity index (χ3v) is 5.82. The molecular weight excluding hydrogens is 378 g/mol. The minimum Gasteiger partial charge on any atom is -0.486 e. The first kappa shape index (κ1) is 17.3. The molecule has 1 fully saturated rings. The molecule has 2 aliphatic rings. The van der Waals surface area contributed by atoms with Crippen molar-refractivity contribution >= 4 is 16.9 Å². The second kappa shape index (κ2) is 7.02. The average molecular weight is 399 g/mol. The van der Waals surface area contributed by atoms with Crippen LogP contribution in [-0.4, -0.2) is 39.5 Å². The number of benzene rings is 2. The Bertz CT molecular complexity index is 1210. The van der Waals surface area contributed by atoms with Crippen LogP contribution >= 0.6 is 0 Å². The Morgan fingerprint density at radius 1 is 0.933 bits per heavy atom. The predicted molar refractivity (Wildman–Crippen MR) is 113 cm³/mol. The maximum Gasteiger partial charge on any atom is 0.168 e. The van der Waals surface area contributed by atoms with Crippen LogP contribution in [0, 0.1) is 0 Å². The van der Waals surface area contributed by atoms with Gasteiger partial charge in [0.25, 0.3) is 0 Å². The Morgan fingerprint density at radius 2 is 1.80 bits per heavy atom. The van der Waals surface area contributed by atoms with Gasteiger partial charge in [0.05, 0.1) is 23.3 Å². The molecule has 0 bridgehead atoms. The molecule has 0 amide bonds. The van der Waals surface area contributed by atoms with Gasteiger partial charge in [-0.15, -0.1) is 0 Å². The van der Waals surface area contributed by atoms with Gasteiger partial charge in [-0.25, -0.2) is 14.6 Å². The van der Waals surface area contributed by atoms with Crippen molar-refractivity contribution < 1.29 is 9.47 Å². The number of rotatable bonds is 3. The molecule has 4 aromatic rings. The number of para-hydroxylation sites is 1. The first-order valence-electron chi connectivity index (χ1n) is 10.3. The van der Waals surface area contributed by atoms with E-state index in [1.165, 1.54) is 5.56 Å². The lowest BCUT2D eigenvalue weighted by molar-refractivity contribution is 0.171. The van der Waals surface area contributed by atoms with Crippen molar-refractivity contribution in [3.8, 4) is 17.2 Å². The fourth-order valence-electron chi connectivity index (χ4n) is 4.45. The summed E-state index contributed by atoms with van der Waals surface area (Å²) in [7, 11) is 0. The summed E-state index contributed by atoms with van der Waals surface area (Å²) >= 11 is 0. The SMILES string of the molecule is c1ccc(-n2ncc3c(N4CCCC4c4ccc5c(c4)OCCO5)ncnc32)cc1. The summed E-state index contributed by atoms with van der Waals surface area (Å²) < 4.78 is 13.4. The largest absolute Gasteiger partial charge is 0.486 e. The zero-order chi connectivity index (χ0) is 19.9. The van der Waals surface area contributed by atoms with E-state index in [-0.39, 0.29) is 6.04 Å². The molecule has 0 N–H and O–H groups in total. The zero-order valence-electron chi connectivity index (χ0n) is 16.4. The van der Waals surface area contributed by atoms with E-state index >= 15 is 0 Å². The first-order chi connectivity index (χ1) is 14.9. The molecule has 7 nitrogen and oxygen atoms in total. The lowest BCUT2D eigenvalue weighted by Gasteiger charge is -2.27. The van der Waals surface area contributed by atoms with Gasteiger partial charge in [0.15, 0.2) is 17.1 Å². The molecule has 2 aliphatic heterocycles. The summed E-state index contributed by atoms with van der Waals surface area (Å²) in [5.74, 6) is 2.58. The van der Waals surface area contributed by atoms with Gasteiger partial charge in [0.2, 0.25) is 0 Å². The molecule has 0 aliphatic carbocycles. The van der Waals surface area contributed by atoms with E-state index in [9.17, 15) is 0 Å². The number of hydrogen-bond donors (Lipinski definition) is 0. The molecule has 0 radical (unpaired) electrons. The molecule has 0 spiro atoms. The van der Waals surface area contributed by atoms with E-state index in [0.29, 0.717) is 13.2 Å². The molecular formula is C23H21N5O2. The highest BCUT2D eigenvalue weighted by atomic mass is 16.6.